The van der Waals surface area contributed by atoms with Gasteiger partial charge in [0.2, 0.25) is 11.8 Å². The number of hydrogen-bond acceptors (Lipinski definition) is 3. The van der Waals surface area contributed by atoms with Crippen molar-refractivity contribution in [2.45, 2.75) is 26.2 Å². The lowest BCUT2D eigenvalue weighted by Crippen LogP contribution is -2.18. The van der Waals surface area contributed by atoms with Crippen molar-refractivity contribution in [1.29, 1.82) is 0 Å². The summed E-state index contributed by atoms with van der Waals surface area (Å²) in [6.07, 6.45) is 1.22. The van der Waals surface area contributed by atoms with Crippen LogP contribution in [0.1, 0.15) is 26.2 Å². The number of rotatable bonds is 6. The predicted octanol–water partition coefficient (Wildman–Crippen LogP) is 1.85. The zero-order valence-electron chi connectivity index (χ0n) is 10.8. The first-order valence-corrected chi connectivity index (χ1v) is 6.16. The molecule has 104 valence electrons. The van der Waals surface area contributed by atoms with Crippen LogP contribution < -0.4 is 16.4 Å². The first-order valence-electron chi connectivity index (χ1n) is 6.16. The monoisotopic (exact) mass is 267 g/mol. The SMILES string of the molecule is CCCC(=O)Nc1ccc(F)cc1NC(=O)CCN. The van der Waals surface area contributed by atoms with Gasteiger partial charge in [-0.3, -0.25) is 9.59 Å². The molecule has 1 aromatic carbocycles. The Morgan fingerprint density at radius 3 is 2.42 bits per heavy atom. The molecule has 0 unspecified atom stereocenters. The van der Waals surface area contributed by atoms with Crippen LogP contribution in [0, 0.1) is 5.82 Å². The van der Waals surface area contributed by atoms with Crippen LogP contribution in [0.15, 0.2) is 18.2 Å². The van der Waals surface area contributed by atoms with Gasteiger partial charge in [-0.25, -0.2) is 4.39 Å². The fourth-order valence-corrected chi connectivity index (χ4v) is 1.51. The molecule has 1 aromatic rings. The zero-order valence-corrected chi connectivity index (χ0v) is 10.8. The van der Waals surface area contributed by atoms with Gasteiger partial charge in [0.25, 0.3) is 0 Å². The number of nitrogens with two attached hydrogens (primary N) is 1. The van der Waals surface area contributed by atoms with Gasteiger partial charge < -0.3 is 16.4 Å². The molecule has 0 aliphatic heterocycles. The molecule has 1 rings (SSSR count). The number of carbonyl (C=O) groups is 2. The van der Waals surface area contributed by atoms with E-state index in [0.717, 1.165) is 6.07 Å². The molecular weight excluding hydrogens is 249 g/mol. The van der Waals surface area contributed by atoms with E-state index in [1.165, 1.54) is 12.1 Å². The molecule has 0 aliphatic carbocycles. The Morgan fingerprint density at radius 2 is 1.79 bits per heavy atom. The van der Waals surface area contributed by atoms with Crippen LogP contribution in [0.4, 0.5) is 15.8 Å². The van der Waals surface area contributed by atoms with Crippen LogP contribution >= 0.6 is 0 Å². The number of nitrogens with one attached hydrogen (secondary N) is 2. The van der Waals surface area contributed by atoms with E-state index in [1.807, 2.05) is 6.92 Å². The van der Waals surface area contributed by atoms with Crippen molar-refractivity contribution in [3.05, 3.63) is 24.0 Å². The summed E-state index contributed by atoms with van der Waals surface area (Å²) in [5, 5.41) is 5.16. The van der Waals surface area contributed by atoms with Gasteiger partial charge in [-0.1, -0.05) is 6.92 Å². The molecule has 2 amide bonds. The minimum Gasteiger partial charge on any atom is -0.330 e. The molecule has 0 aliphatic rings. The zero-order chi connectivity index (χ0) is 14.3. The largest absolute Gasteiger partial charge is 0.330 e. The van der Waals surface area contributed by atoms with E-state index in [-0.39, 0.29) is 30.5 Å². The molecule has 0 aromatic heterocycles. The molecule has 0 heterocycles. The van der Waals surface area contributed by atoms with Crippen molar-refractivity contribution in [2.75, 3.05) is 17.2 Å². The van der Waals surface area contributed by atoms with E-state index in [9.17, 15) is 14.0 Å². The second-order valence-corrected chi connectivity index (χ2v) is 4.07. The van der Waals surface area contributed by atoms with Crippen LogP contribution in [0.25, 0.3) is 0 Å². The van der Waals surface area contributed by atoms with E-state index in [2.05, 4.69) is 10.6 Å². The Bertz CT molecular complexity index is 463. The number of hydrogen-bond donors (Lipinski definition) is 3. The summed E-state index contributed by atoms with van der Waals surface area (Å²) in [6.45, 7) is 2.09. The van der Waals surface area contributed by atoms with Gasteiger partial charge in [-0.2, -0.15) is 0 Å². The molecule has 0 radical (unpaired) electrons. The molecule has 6 heteroatoms. The van der Waals surface area contributed by atoms with Gasteiger partial charge in [0.15, 0.2) is 0 Å². The lowest BCUT2D eigenvalue weighted by molar-refractivity contribution is -0.117. The van der Waals surface area contributed by atoms with Gasteiger partial charge in [-0.15, -0.1) is 0 Å². The van der Waals surface area contributed by atoms with Crippen molar-refractivity contribution >= 4 is 23.2 Å². The van der Waals surface area contributed by atoms with Crippen LogP contribution in [0.5, 0.6) is 0 Å². The van der Waals surface area contributed by atoms with Crippen molar-refractivity contribution in [3.63, 3.8) is 0 Å². The minimum absolute atomic E-state index is 0.138. The molecule has 0 fully saturated rings. The van der Waals surface area contributed by atoms with E-state index in [1.54, 1.807) is 0 Å². The summed E-state index contributed by atoms with van der Waals surface area (Å²) in [5.74, 6) is -0.987. The smallest absolute Gasteiger partial charge is 0.225 e. The van der Waals surface area contributed by atoms with E-state index < -0.39 is 5.82 Å². The van der Waals surface area contributed by atoms with Crippen LogP contribution in [0.2, 0.25) is 0 Å². The maximum Gasteiger partial charge on any atom is 0.225 e. The number of amides is 2. The normalized spacial score (nSPS) is 10.1. The first-order chi connectivity index (χ1) is 9.06. The fourth-order valence-electron chi connectivity index (χ4n) is 1.51. The Morgan fingerprint density at radius 1 is 1.16 bits per heavy atom. The molecular formula is C13H18FN3O2. The van der Waals surface area contributed by atoms with Crippen molar-refractivity contribution < 1.29 is 14.0 Å². The Hall–Kier alpha value is -1.95. The summed E-state index contributed by atoms with van der Waals surface area (Å²) < 4.78 is 13.2. The molecule has 0 atom stereocenters. The van der Waals surface area contributed by atoms with E-state index in [0.29, 0.717) is 18.5 Å². The lowest BCUT2D eigenvalue weighted by Gasteiger charge is -2.12. The van der Waals surface area contributed by atoms with Gasteiger partial charge in [0, 0.05) is 19.4 Å². The van der Waals surface area contributed by atoms with Crippen molar-refractivity contribution in [1.82, 2.24) is 0 Å². The second-order valence-electron chi connectivity index (χ2n) is 4.07. The highest BCUT2D eigenvalue weighted by molar-refractivity contribution is 5.99. The summed E-state index contributed by atoms with van der Waals surface area (Å²) in [6, 6.07) is 3.80. The third kappa shape index (κ3) is 5.05. The third-order valence-corrected chi connectivity index (χ3v) is 2.38. The lowest BCUT2D eigenvalue weighted by atomic mass is 10.2. The average molecular weight is 267 g/mol. The van der Waals surface area contributed by atoms with E-state index >= 15 is 0 Å². The van der Waals surface area contributed by atoms with Crippen LogP contribution in [-0.2, 0) is 9.59 Å². The number of benzene rings is 1. The van der Waals surface area contributed by atoms with Gasteiger partial charge in [0.1, 0.15) is 5.82 Å². The molecule has 0 saturated heterocycles. The second kappa shape index (κ2) is 7.48. The van der Waals surface area contributed by atoms with E-state index in [4.69, 9.17) is 5.73 Å². The standard InChI is InChI=1S/C13H18FN3O2/c1-2-3-12(18)16-10-5-4-9(14)8-11(10)17-13(19)6-7-15/h4-5,8H,2-3,6-7,15H2,1H3,(H,16,18)(H,17,19). The fraction of sp³-hybridized carbons (Fsp3) is 0.385. The predicted molar refractivity (Wildman–Crippen MR) is 72.2 cm³/mol. The number of halogens is 1. The first kappa shape index (κ1) is 15.1. The van der Waals surface area contributed by atoms with Gasteiger partial charge in [-0.05, 0) is 24.6 Å². The maximum atomic E-state index is 13.2. The van der Waals surface area contributed by atoms with Crippen molar-refractivity contribution in [3.8, 4) is 0 Å². The Balaban J connectivity index is 2.85. The van der Waals surface area contributed by atoms with Gasteiger partial charge in [0.05, 0.1) is 11.4 Å². The highest BCUT2D eigenvalue weighted by Gasteiger charge is 2.10. The van der Waals surface area contributed by atoms with Crippen LogP contribution in [-0.4, -0.2) is 18.4 Å². The molecule has 0 bridgehead atoms. The molecule has 5 nitrogen and oxygen atoms in total. The number of anilines is 2. The quantitative estimate of drug-likeness (QED) is 0.735. The topological polar surface area (TPSA) is 84.2 Å². The molecule has 19 heavy (non-hydrogen) atoms. The van der Waals surface area contributed by atoms with Crippen molar-refractivity contribution in [2.24, 2.45) is 5.73 Å². The Labute approximate surface area is 111 Å². The third-order valence-electron chi connectivity index (χ3n) is 2.38. The molecule has 0 saturated carbocycles. The summed E-state index contributed by atoms with van der Waals surface area (Å²) in [7, 11) is 0. The summed E-state index contributed by atoms with van der Waals surface area (Å²) in [5.41, 5.74) is 5.89. The highest BCUT2D eigenvalue weighted by Crippen LogP contribution is 2.23. The Kier molecular flexibility index (Phi) is 5.95. The van der Waals surface area contributed by atoms with Crippen LogP contribution in [0.3, 0.4) is 0 Å². The highest BCUT2D eigenvalue weighted by atomic mass is 19.1. The summed E-state index contributed by atoms with van der Waals surface area (Å²) in [4.78, 5) is 23.0. The maximum absolute atomic E-state index is 13.2. The molecule has 0 spiro atoms. The minimum atomic E-state index is -0.489. The number of carbonyl (C=O) groups excluding carboxylic acids is 2. The van der Waals surface area contributed by atoms with Gasteiger partial charge >= 0.3 is 0 Å². The summed E-state index contributed by atoms with van der Waals surface area (Å²) >= 11 is 0. The average Bonchev–Trinajstić information content (AvgIpc) is 2.33. The molecule has 4 N–H and O–H groups in total.